The van der Waals surface area contributed by atoms with Crippen molar-refractivity contribution in [3.63, 3.8) is 0 Å². The molecule has 5 nitrogen and oxygen atoms in total. The van der Waals surface area contributed by atoms with Crippen molar-refractivity contribution in [3.8, 4) is 0 Å². The van der Waals surface area contributed by atoms with Crippen LogP contribution in [0.25, 0.3) is 0 Å². The zero-order valence-electron chi connectivity index (χ0n) is 11.7. The minimum atomic E-state index is -3.89. The molecule has 0 aliphatic heterocycles. The van der Waals surface area contributed by atoms with Crippen molar-refractivity contribution in [2.45, 2.75) is 43.0 Å². The van der Waals surface area contributed by atoms with Gasteiger partial charge in [0.25, 0.3) is 0 Å². The van der Waals surface area contributed by atoms with E-state index in [1.54, 1.807) is 18.2 Å². The summed E-state index contributed by atoms with van der Waals surface area (Å²) in [5, 5.41) is 9.52. The molecule has 1 aromatic rings. The molecular formula is C14H18BrNO4S. The first-order valence-corrected chi connectivity index (χ1v) is 9.06. The van der Waals surface area contributed by atoms with Crippen molar-refractivity contribution in [2.24, 2.45) is 5.92 Å². The molecule has 2 rings (SSSR count). The summed E-state index contributed by atoms with van der Waals surface area (Å²) < 4.78 is 27.9. The molecule has 0 radical (unpaired) electrons. The van der Waals surface area contributed by atoms with Crippen molar-refractivity contribution in [2.75, 3.05) is 0 Å². The fraction of sp³-hybridized carbons (Fsp3) is 0.500. The Hall–Kier alpha value is -0.920. The van der Waals surface area contributed by atoms with Crippen LogP contribution in [0.2, 0.25) is 0 Å². The predicted molar refractivity (Wildman–Crippen MR) is 82.5 cm³/mol. The summed E-state index contributed by atoms with van der Waals surface area (Å²) >= 11 is 3.19. The minimum Gasteiger partial charge on any atom is -0.480 e. The molecule has 0 amide bonds. The van der Waals surface area contributed by atoms with Crippen molar-refractivity contribution >= 4 is 31.9 Å². The highest BCUT2D eigenvalue weighted by molar-refractivity contribution is 9.10. The number of carboxylic acids is 1. The van der Waals surface area contributed by atoms with Gasteiger partial charge in [-0.2, -0.15) is 4.72 Å². The van der Waals surface area contributed by atoms with Crippen LogP contribution in [0.5, 0.6) is 0 Å². The average molecular weight is 376 g/mol. The van der Waals surface area contributed by atoms with E-state index in [4.69, 9.17) is 0 Å². The van der Waals surface area contributed by atoms with Gasteiger partial charge in [-0.3, -0.25) is 4.79 Å². The molecule has 116 valence electrons. The lowest BCUT2D eigenvalue weighted by molar-refractivity contribution is -0.145. The van der Waals surface area contributed by atoms with E-state index in [-0.39, 0.29) is 4.90 Å². The quantitative estimate of drug-likeness (QED) is 0.847. The molecule has 0 heterocycles. The van der Waals surface area contributed by atoms with Gasteiger partial charge in [-0.1, -0.05) is 19.1 Å². The van der Waals surface area contributed by atoms with E-state index in [0.717, 1.165) is 0 Å². The fourth-order valence-corrected chi connectivity index (χ4v) is 5.01. The number of rotatable bonds is 4. The first-order valence-electron chi connectivity index (χ1n) is 6.79. The Kier molecular flexibility index (Phi) is 4.75. The Bertz CT molecular complexity index is 636. The summed E-state index contributed by atoms with van der Waals surface area (Å²) in [6.45, 7) is 2.05. The molecule has 0 unspecified atom stereocenters. The summed E-state index contributed by atoms with van der Waals surface area (Å²) in [6.07, 6.45) is 2.02. The number of halogens is 1. The molecule has 0 atom stereocenters. The summed E-state index contributed by atoms with van der Waals surface area (Å²) in [4.78, 5) is 11.7. The molecule has 0 aromatic heterocycles. The number of carboxylic acid groups (broad SMARTS) is 1. The smallest absolute Gasteiger partial charge is 0.324 e. The van der Waals surface area contributed by atoms with Crippen molar-refractivity contribution in [1.29, 1.82) is 0 Å². The average Bonchev–Trinajstić information content (AvgIpc) is 2.41. The van der Waals surface area contributed by atoms with E-state index >= 15 is 0 Å². The second kappa shape index (κ2) is 6.06. The largest absolute Gasteiger partial charge is 0.480 e. The highest BCUT2D eigenvalue weighted by atomic mass is 79.9. The van der Waals surface area contributed by atoms with Crippen LogP contribution in [0, 0.1) is 5.92 Å². The number of hydrogen-bond donors (Lipinski definition) is 2. The number of nitrogens with one attached hydrogen (secondary N) is 1. The third-order valence-corrected chi connectivity index (χ3v) is 6.54. The van der Waals surface area contributed by atoms with Gasteiger partial charge in [-0.15, -0.1) is 0 Å². The van der Waals surface area contributed by atoms with Crippen LogP contribution in [0.1, 0.15) is 32.6 Å². The normalized spacial score (nSPS) is 26.5. The third-order valence-electron chi connectivity index (χ3n) is 3.99. The summed E-state index contributed by atoms with van der Waals surface area (Å²) in [5.74, 6) is -0.685. The van der Waals surface area contributed by atoms with Crippen LogP contribution in [-0.2, 0) is 14.8 Å². The summed E-state index contributed by atoms with van der Waals surface area (Å²) in [6, 6.07) is 6.38. The van der Waals surface area contributed by atoms with E-state index < -0.39 is 21.5 Å². The highest BCUT2D eigenvalue weighted by Crippen LogP contribution is 2.34. The van der Waals surface area contributed by atoms with E-state index in [2.05, 4.69) is 20.7 Å². The number of sulfonamides is 1. The first-order chi connectivity index (χ1) is 9.77. The Morgan fingerprint density at radius 3 is 2.43 bits per heavy atom. The maximum Gasteiger partial charge on any atom is 0.324 e. The highest BCUT2D eigenvalue weighted by Gasteiger charge is 2.44. The van der Waals surface area contributed by atoms with Crippen LogP contribution < -0.4 is 4.72 Å². The molecule has 0 bridgehead atoms. The van der Waals surface area contributed by atoms with E-state index in [0.29, 0.717) is 36.1 Å². The van der Waals surface area contributed by atoms with E-state index in [9.17, 15) is 18.3 Å². The molecule has 2 N–H and O–H groups in total. The van der Waals surface area contributed by atoms with E-state index in [1.165, 1.54) is 6.07 Å². The minimum absolute atomic E-state index is 0.0595. The molecule has 1 aromatic carbocycles. The van der Waals surface area contributed by atoms with E-state index in [1.807, 2.05) is 6.92 Å². The molecule has 1 saturated carbocycles. The molecule has 21 heavy (non-hydrogen) atoms. The molecular weight excluding hydrogens is 358 g/mol. The third kappa shape index (κ3) is 3.46. The summed E-state index contributed by atoms with van der Waals surface area (Å²) in [5.41, 5.74) is -1.40. The first kappa shape index (κ1) is 16.5. The molecule has 1 fully saturated rings. The number of benzene rings is 1. The molecule has 1 aliphatic rings. The zero-order valence-corrected chi connectivity index (χ0v) is 14.1. The fourth-order valence-electron chi connectivity index (χ4n) is 2.59. The van der Waals surface area contributed by atoms with Gasteiger partial charge in [0.2, 0.25) is 10.0 Å². The topological polar surface area (TPSA) is 83.5 Å². The molecule has 0 spiro atoms. The second-order valence-electron chi connectivity index (χ2n) is 5.61. The lowest BCUT2D eigenvalue weighted by atomic mass is 9.78. The monoisotopic (exact) mass is 375 g/mol. The zero-order chi connectivity index (χ0) is 15.7. The maximum atomic E-state index is 12.5. The number of aliphatic carboxylic acids is 1. The van der Waals surface area contributed by atoms with Gasteiger partial charge in [0.05, 0.1) is 4.90 Å². The van der Waals surface area contributed by atoms with Crippen LogP contribution in [0.15, 0.2) is 33.6 Å². The predicted octanol–water partition coefficient (Wildman–Crippen LogP) is 2.76. The van der Waals surface area contributed by atoms with Gasteiger partial charge in [0, 0.05) is 4.47 Å². The molecule has 1 aliphatic carbocycles. The van der Waals surface area contributed by atoms with Crippen LogP contribution in [-0.4, -0.2) is 25.0 Å². The second-order valence-corrected chi connectivity index (χ2v) is 8.11. The van der Waals surface area contributed by atoms with Gasteiger partial charge < -0.3 is 5.11 Å². The van der Waals surface area contributed by atoms with Crippen LogP contribution in [0.4, 0.5) is 0 Å². The molecule has 7 heteroatoms. The lowest BCUT2D eigenvalue weighted by Crippen LogP contribution is -2.56. The van der Waals surface area contributed by atoms with Crippen molar-refractivity contribution in [3.05, 3.63) is 28.7 Å². The van der Waals surface area contributed by atoms with Crippen LogP contribution in [0.3, 0.4) is 0 Å². The Labute approximate surface area is 132 Å². The van der Waals surface area contributed by atoms with Gasteiger partial charge in [-0.05, 0) is 59.7 Å². The standard InChI is InChI=1S/C14H18BrNO4S/c1-10-6-8-14(9-7-10,13(17)18)16-21(19,20)12-5-3-2-4-11(12)15/h2-5,10,16H,6-9H2,1H3,(H,17,18). The number of hydrogen-bond acceptors (Lipinski definition) is 3. The summed E-state index contributed by atoms with van der Waals surface area (Å²) in [7, 11) is -3.89. The lowest BCUT2D eigenvalue weighted by Gasteiger charge is -2.36. The Morgan fingerprint density at radius 1 is 1.33 bits per heavy atom. The SMILES string of the molecule is CC1CCC(NS(=O)(=O)c2ccccc2Br)(C(=O)O)CC1. The maximum absolute atomic E-state index is 12.5. The van der Waals surface area contributed by atoms with Gasteiger partial charge >= 0.3 is 5.97 Å². The number of carbonyl (C=O) groups is 1. The van der Waals surface area contributed by atoms with Gasteiger partial charge in [-0.25, -0.2) is 8.42 Å². The Balaban J connectivity index is 2.33. The molecule has 0 saturated heterocycles. The van der Waals surface area contributed by atoms with Crippen molar-refractivity contribution < 1.29 is 18.3 Å². The van der Waals surface area contributed by atoms with Gasteiger partial charge in [0.1, 0.15) is 5.54 Å². The van der Waals surface area contributed by atoms with Crippen molar-refractivity contribution in [1.82, 2.24) is 4.72 Å². The van der Waals surface area contributed by atoms with Crippen LogP contribution >= 0.6 is 15.9 Å². The Morgan fingerprint density at radius 2 is 1.90 bits per heavy atom. The van der Waals surface area contributed by atoms with Gasteiger partial charge in [0.15, 0.2) is 0 Å².